The van der Waals surface area contributed by atoms with Crippen molar-refractivity contribution in [3.05, 3.63) is 41.7 Å². The number of hydrogen-bond donors (Lipinski definition) is 3. The van der Waals surface area contributed by atoms with Crippen LogP contribution in [0.2, 0.25) is 5.02 Å². The maximum absolute atomic E-state index is 6.52. The molecule has 1 atom stereocenters. The zero-order chi connectivity index (χ0) is 23.6. The van der Waals surface area contributed by atoms with Gasteiger partial charge in [0.25, 0.3) is 0 Å². The molecule has 3 saturated heterocycles. The number of para-hydroxylation sites is 1. The molecule has 3 aliphatic rings. The van der Waals surface area contributed by atoms with E-state index in [9.17, 15) is 0 Å². The van der Waals surface area contributed by atoms with E-state index in [2.05, 4.69) is 42.5 Å². The van der Waals surface area contributed by atoms with Gasteiger partial charge in [-0.1, -0.05) is 29.8 Å². The van der Waals surface area contributed by atoms with Gasteiger partial charge in [0.1, 0.15) is 0 Å². The molecule has 186 valence electrons. The molecule has 0 saturated carbocycles. The highest BCUT2D eigenvalue weighted by Gasteiger charge is 2.31. The van der Waals surface area contributed by atoms with Gasteiger partial charge in [-0.3, -0.25) is 4.90 Å². The lowest BCUT2D eigenvalue weighted by atomic mass is 9.95. The summed E-state index contributed by atoms with van der Waals surface area (Å²) in [5.74, 6) is 1.56. The minimum atomic E-state index is 0.375. The Morgan fingerprint density at radius 3 is 2.71 bits per heavy atom. The number of nitrogens with zero attached hydrogens (tertiary/aromatic N) is 4. The smallest absolute Gasteiger partial charge is 0.223 e. The molecule has 3 fully saturated rings. The molecule has 5 heterocycles. The fourth-order valence-corrected chi connectivity index (χ4v) is 6.40. The van der Waals surface area contributed by atoms with Crippen molar-refractivity contribution in [1.29, 1.82) is 0 Å². The number of piperidine rings is 2. The number of hydrogen-bond acceptors (Lipinski definition) is 6. The van der Waals surface area contributed by atoms with Gasteiger partial charge < -0.3 is 20.5 Å². The van der Waals surface area contributed by atoms with Crippen molar-refractivity contribution < 1.29 is 0 Å². The normalized spacial score (nSPS) is 23.3. The first-order valence-corrected chi connectivity index (χ1v) is 13.6. The van der Waals surface area contributed by atoms with Crippen molar-refractivity contribution in [3.8, 4) is 11.3 Å². The molecule has 7 nitrogen and oxygen atoms in total. The highest BCUT2D eigenvalue weighted by Crippen LogP contribution is 2.32. The molecule has 0 spiro atoms. The van der Waals surface area contributed by atoms with Gasteiger partial charge in [0.15, 0.2) is 0 Å². The van der Waals surface area contributed by atoms with Crippen molar-refractivity contribution >= 4 is 28.5 Å². The Kier molecular flexibility index (Phi) is 6.92. The topological polar surface area (TPSA) is 72.1 Å². The second-order valence-electron chi connectivity index (χ2n) is 10.5. The van der Waals surface area contributed by atoms with Gasteiger partial charge in [0, 0.05) is 54.4 Å². The number of H-pyrrole nitrogens is 1. The van der Waals surface area contributed by atoms with Crippen molar-refractivity contribution in [2.24, 2.45) is 5.92 Å². The van der Waals surface area contributed by atoms with E-state index < -0.39 is 0 Å². The van der Waals surface area contributed by atoms with E-state index >= 15 is 0 Å². The molecule has 2 aromatic heterocycles. The maximum atomic E-state index is 6.52. The van der Waals surface area contributed by atoms with Crippen LogP contribution in [0.15, 0.2) is 36.7 Å². The molecular weight excluding hydrogens is 458 g/mol. The highest BCUT2D eigenvalue weighted by atomic mass is 35.5. The third kappa shape index (κ3) is 5.19. The van der Waals surface area contributed by atoms with Gasteiger partial charge >= 0.3 is 0 Å². The van der Waals surface area contributed by atoms with Crippen LogP contribution in [0.3, 0.4) is 0 Å². The number of aromatic amines is 1. The summed E-state index contributed by atoms with van der Waals surface area (Å²) in [4.78, 5) is 18.1. The quantitative estimate of drug-likeness (QED) is 0.477. The number of aromatic nitrogens is 3. The van der Waals surface area contributed by atoms with Crippen molar-refractivity contribution in [1.82, 2.24) is 30.1 Å². The standard InChI is InChI=1S/C27H36ClN7/c28-24-16-31-27(33-26(24)23-15-30-25-4-2-1-3-22(23)25)32-20-7-14-35(18-20)21-8-12-34(13-9-21)17-19-5-10-29-11-6-19/h1-4,15-16,19-21,29-30H,5-14,17-18H2,(H,31,32,33). The Labute approximate surface area is 212 Å². The molecule has 1 unspecified atom stereocenters. The average molecular weight is 494 g/mol. The third-order valence-electron chi connectivity index (χ3n) is 8.19. The summed E-state index contributed by atoms with van der Waals surface area (Å²) in [6, 6.07) is 9.32. The van der Waals surface area contributed by atoms with Gasteiger partial charge in [-0.25, -0.2) is 9.97 Å². The van der Waals surface area contributed by atoms with Crippen LogP contribution in [0, 0.1) is 5.92 Å². The zero-order valence-electron chi connectivity index (χ0n) is 20.3. The Morgan fingerprint density at radius 1 is 1.03 bits per heavy atom. The lowest BCUT2D eigenvalue weighted by Gasteiger charge is -2.38. The summed E-state index contributed by atoms with van der Waals surface area (Å²) < 4.78 is 0. The van der Waals surface area contributed by atoms with E-state index in [0.717, 1.165) is 47.6 Å². The minimum absolute atomic E-state index is 0.375. The molecule has 0 aliphatic carbocycles. The zero-order valence-corrected chi connectivity index (χ0v) is 21.1. The van der Waals surface area contributed by atoms with E-state index in [1.807, 2.05) is 18.3 Å². The van der Waals surface area contributed by atoms with Gasteiger partial charge in [0.2, 0.25) is 5.95 Å². The third-order valence-corrected chi connectivity index (χ3v) is 8.47. The SMILES string of the molecule is Clc1cnc(NC2CCN(C3CCN(CC4CCNCC4)CC3)C2)nc1-c1c[nH]c2ccccc12. The Bertz CT molecular complexity index is 1130. The number of halogens is 1. The lowest BCUT2D eigenvalue weighted by Crippen LogP contribution is -2.46. The first kappa shape index (κ1) is 23.2. The van der Waals surface area contributed by atoms with E-state index in [1.54, 1.807) is 6.20 Å². The maximum Gasteiger partial charge on any atom is 0.223 e. The average Bonchev–Trinajstić information content (AvgIpc) is 3.54. The van der Waals surface area contributed by atoms with Crippen LogP contribution in [0.4, 0.5) is 5.95 Å². The molecule has 3 N–H and O–H groups in total. The summed E-state index contributed by atoms with van der Waals surface area (Å²) in [6.07, 6.45) is 10.1. The summed E-state index contributed by atoms with van der Waals surface area (Å²) in [5, 5.41) is 8.79. The van der Waals surface area contributed by atoms with E-state index in [0.29, 0.717) is 23.1 Å². The van der Waals surface area contributed by atoms with Crippen LogP contribution in [0.5, 0.6) is 0 Å². The molecular formula is C27H36ClN7. The number of benzene rings is 1. The molecule has 35 heavy (non-hydrogen) atoms. The molecule has 3 aromatic rings. The molecule has 3 aliphatic heterocycles. The Hall–Kier alpha value is -2.19. The van der Waals surface area contributed by atoms with Crippen LogP contribution in [-0.2, 0) is 0 Å². The number of rotatable bonds is 6. The van der Waals surface area contributed by atoms with Gasteiger partial charge in [-0.2, -0.15) is 0 Å². The van der Waals surface area contributed by atoms with E-state index in [4.69, 9.17) is 16.6 Å². The number of fused-ring (bicyclic) bond motifs is 1. The Balaban J connectivity index is 1.05. The summed E-state index contributed by atoms with van der Waals surface area (Å²) >= 11 is 6.52. The first-order valence-electron chi connectivity index (χ1n) is 13.3. The van der Waals surface area contributed by atoms with E-state index in [1.165, 1.54) is 58.4 Å². The minimum Gasteiger partial charge on any atom is -0.360 e. The second kappa shape index (κ2) is 10.4. The van der Waals surface area contributed by atoms with Crippen molar-refractivity contribution in [2.45, 2.75) is 44.2 Å². The van der Waals surface area contributed by atoms with Crippen LogP contribution in [0.1, 0.15) is 32.1 Å². The molecule has 0 amide bonds. The predicted molar refractivity (Wildman–Crippen MR) is 143 cm³/mol. The van der Waals surface area contributed by atoms with Gasteiger partial charge in [-0.15, -0.1) is 0 Å². The highest BCUT2D eigenvalue weighted by molar-refractivity contribution is 6.33. The number of anilines is 1. The number of likely N-dealkylation sites (tertiary alicyclic amines) is 2. The molecule has 6 rings (SSSR count). The van der Waals surface area contributed by atoms with Gasteiger partial charge in [0.05, 0.1) is 16.9 Å². The van der Waals surface area contributed by atoms with Gasteiger partial charge in [-0.05, 0) is 70.3 Å². The van der Waals surface area contributed by atoms with Crippen LogP contribution in [0.25, 0.3) is 22.2 Å². The summed E-state index contributed by atoms with van der Waals surface area (Å²) in [5.41, 5.74) is 2.87. The fraction of sp³-hybridized carbons (Fsp3) is 0.556. The molecule has 1 aromatic carbocycles. The molecule has 0 radical (unpaired) electrons. The Morgan fingerprint density at radius 2 is 1.86 bits per heavy atom. The molecule has 8 heteroatoms. The first-order chi connectivity index (χ1) is 17.2. The van der Waals surface area contributed by atoms with E-state index in [-0.39, 0.29) is 0 Å². The van der Waals surface area contributed by atoms with Crippen LogP contribution < -0.4 is 10.6 Å². The van der Waals surface area contributed by atoms with Crippen LogP contribution >= 0.6 is 11.6 Å². The van der Waals surface area contributed by atoms with Crippen LogP contribution in [-0.4, -0.2) is 82.6 Å². The summed E-state index contributed by atoms with van der Waals surface area (Å²) in [7, 11) is 0. The molecule has 0 bridgehead atoms. The van der Waals surface area contributed by atoms with Crippen molar-refractivity contribution in [2.75, 3.05) is 51.1 Å². The fourth-order valence-electron chi connectivity index (χ4n) is 6.21. The number of nitrogens with one attached hydrogen (secondary N) is 3. The predicted octanol–water partition coefficient (Wildman–Crippen LogP) is 4.23. The summed E-state index contributed by atoms with van der Waals surface area (Å²) in [6.45, 7) is 8.40. The lowest BCUT2D eigenvalue weighted by molar-refractivity contribution is 0.109. The van der Waals surface area contributed by atoms with Crippen molar-refractivity contribution in [3.63, 3.8) is 0 Å². The monoisotopic (exact) mass is 493 g/mol. The largest absolute Gasteiger partial charge is 0.360 e. The second-order valence-corrected chi connectivity index (χ2v) is 10.9.